The van der Waals surface area contributed by atoms with E-state index in [1.54, 1.807) is 15.2 Å². The molecular weight excluding hydrogens is 344 g/mol. The van der Waals surface area contributed by atoms with E-state index < -0.39 is 0 Å². The molecule has 0 aromatic carbocycles. The highest BCUT2D eigenvalue weighted by atomic mass is 16.3. The molecule has 7 heteroatoms. The number of furan rings is 1. The Morgan fingerprint density at radius 3 is 2.63 bits per heavy atom. The lowest BCUT2D eigenvalue weighted by Crippen LogP contribution is -2.24. The largest absolute Gasteiger partial charge is 0.466 e. The maximum Gasteiger partial charge on any atom is 0.295 e. The first kappa shape index (κ1) is 18.7. The molecule has 0 aliphatic rings. The minimum absolute atomic E-state index is 0.222. The van der Waals surface area contributed by atoms with Crippen LogP contribution < -0.4 is 10.9 Å². The third-order valence-corrected chi connectivity index (χ3v) is 4.29. The van der Waals surface area contributed by atoms with E-state index in [2.05, 4.69) is 10.3 Å². The van der Waals surface area contributed by atoms with Crippen molar-refractivity contribution in [2.45, 2.75) is 41.2 Å². The highest BCUT2D eigenvalue weighted by molar-refractivity contribution is 5.92. The van der Waals surface area contributed by atoms with Crippen molar-refractivity contribution in [1.29, 1.82) is 0 Å². The van der Waals surface area contributed by atoms with Crippen LogP contribution in [0.1, 0.15) is 42.8 Å². The van der Waals surface area contributed by atoms with Gasteiger partial charge in [-0.05, 0) is 40.7 Å². The van der Waals surface area contributed by atoms with Gasteiger partial charge in [-0.25, -0.2) is 4.98 Å². The fourth-order valence-corrected chi connectivity index (χ4v) is 3.00. The summed E-state index contributed by atoms with van der Waals surface area (Å²) in [6, 6.07) is 1.91. The molecule has 3 heterocycles. The Hall–Kier alpha value is -3.09. The van der Waals surface area contributed by atoms with E-state index in [0.717, 1.165) is 28.4 Å². The van der Waals surface area contributed by atoms with Gasteiger partial charge in [0.15, 0.2) is 0 Å². The molecular formula is C20H24N4O3. The van der Waals surface area contributed by atoms with Gasteiger partial charge in [0.2, 0.25) is 5.65 Å². The number of amides is 1. The zero-order valence-electron chi connectivity index (χ0n) is 16.3. The summed E-state index contributed by atoms with van der Waals surface area (Å²) in [4.78, 5) is 29.5. The maximum atomic E-state index is 13.1. The average molecular weight is 368 g/mol. The van der Waals surface area contributed by atoms with E-state index in [1.165, 1.54) is 0 Å². The second-order valence-corrected chi connectivity index (χ2v) is 6.75. The molecule has 0 aliphatic heterocycles. The smallest absolute Gasteiger partial charge is 0.295 e. The second-order valence-electron chi connectivity index (χ2n) is 6.75. The quantitative estimate of drug-likeness (QED) is 0.702. The molecule has 1 N–H and O–H groups in total. The van der Waals surface area contributed by atoms with Gasteiger partial charge >= 0.3 is 0 Å². The van der Waals surface area contributed by atoms with Crippen LogP contribution in [-0.2, 0) is 6.54 Å². The molecule has 27 heavy (non-hydrogen) atoms. The highest BCUT2D eigenvalue weighted by Gasteiger charge is 2.18. The van der Waals surface area contributed by atoms with Crippen LogP contribution in [0.15, 0.2) is 39.3 Å². The van der Waals surface area contributed by atoms with Crippen LogP contribution in [0.5, 0.6) is 0 Å². The highest BCUT2D eigenvalue weighted by Crippen LogP contribution is 2.26. The lowest BCUT2D eigenvalue weighted by Gasteiger charge is -2.11. The van der Waals surface area contributed by atoms with Crippen molar-refractivity contribution in [1.82, 2.24) is 19.3 Å². The number of nitrogens with one attached hydrogen (secondary N) is 1. The van der Waals surface area contributed by atoms with Gasteiger partial charge < -0.3 is 9.73 Å². The maximum absolute atomic E-state index is 13.1. The van der Waals surface area contributed by atoms with Gasteiger partial charge in [-0.2, -0.15) is 0 Å². The molecule has 1 amide bonds. The molecule has 3 rings (SSSR count). The number of hydrogen-bond donors (Lipinski definition) is 1. The summed E-state index contributed by atoms with van der Waals surface area (Å²) in [6.45, 7) is 10.5. The zero-order chi connectivity index (χ0) is 19.7. The molecule has 142 valence electrons. The first-order valence-corrected chi connectivity index (χ1v) is 8.93. The average Bonchev–Trinajstić information content (AvgIpc) is 3.17. The van der Waals surface area contributed by atoms with Gasteiger partial charge in [0.1, 0.15) is 17.2 Å². The fraction of sp³-hybridized carbons (Fsp3) is 0.350. The third-order valence-electron chi connectivity index (χ3n) is 4.29. The summed E-state index contributed by atoms with van der Waals surface area (Å²) in [5.41, 5.74) is 2.87. The van der Waals surface area contributed by atoms with Crippen LogP contribution in [0.4, 0.5) is 0 Å². The van der Waals surface area contributed by atoms with Crippen molar-refractivity contribution in [3.8, 4) is 11.3 Å². The Bertz CT molecular complexity index is 1090. The number of imidazole rings is 1. The van der Waals surface area contributed by atoms with E-state index in [4.69, 9.17) is 4.42 Å². The second kappa shape index (κ2) is 7.26. The number of carbonyl (C=O) groups is 1. The number of nitrogens with zero attached hydrogens (tertiary/aromatic N) is 3. The number of rotatable bonds is 5. The first-order valence-electron chi connectivity index (χ1n) is 8.93. The Morgan fingerprint density at radius 1 is 1.30 bits per heavy atom. The number of aromatic nitrogens is 3. The predicted molar refractivity (Wildman–Crippen MR) is 104 cm³/mol. The van der Waals surface area contributed by atoms with Crippen molar-refractivity contribution in [2.75, 3.05) is 6.54 Å². The lowest BCUT2D eigenvalue weighted by molar-refractivity contribution is 0.0951. The predicted octanol–water partition coefficient (Wildman–Crippen LogP) is 3.09. The van der Waals surface area contributed by atoms with Gasteiger partial charge in [-0.3, -0.25) is 18.6 Å². The summed E-state index contributed by atoms with van der Waals surface area (Å²) >= 11 is 0. The number of aryl methyl sites for hydroxylation is 2. The molecule has 0 atom stereocenters. The monoisotopic (exact) mass is 368 g/mol. The molecule has 7 nitrogen and oxygen atoms in total. The molecule has 0 aliphatic carbocycles. The van der Waals surface area contributed by atoms with Gasteiger partial charge in [0.25, 0.3) is 11.5 Å². The minimum atomic E-state index is -0.298. The summed E-state index contributed by atoms with van der Waals surface area (Å²) < 4.78 is 8.93. The third kappa shape index (κ3) is 3.58. The SMILES string of the molecule is CCNC(=O)c1cn2cc(-c3cc(C)oc3C)n(CC=C(C)C)c(=O)c2n1. The van der Waals surface area contributed by atoms with E-state index in [-0.39, 0.29) is 22.8 Å². The summed E-state index contributed by atoms with van der Waals surface area (Å²) in [5.74, 6) is 1.21. The molecule has 0 spiro atoms. The molecule has 0 fully saturated rings. The van der Waals surface area contributed by atoms with Crippen LogP contribution >= 0.6 is 0 Å². The summed E-state index contributed by atoms with van der Waals surface area (Å²) in [7, 11) is 0. The van der Waals surface area contributed by atoms with Crippen molar-refractivity contribution in [3.63, 3.8) is 0 Å². The number of allylic oxidation sites excluding steroid dienone is 2. The molecule has 0 radical (unpaired) electrons. The van der Waals surface area contributed by atoms with Crippen molar-refractivity contribution >= 4 is 11.6 Å². The molecule has 0 saturated carbocycles. The Labute approximate surface area is 157 Å². The van der Waals surface area contributed by atoms with Crippen LogP contribution in [0.25, 0.3) is 16.9 Å². The fourth-order valence-electron chi connectivity index (χ4n) is 3.00. The van der Waals surface area contributed by atoms with Gasteiger partial charge in [-0.15, -0.1) is 0 Å². The minimum Gasteiger partial charge on any atom is -0.466 e. The van der Waals surface area contributed by atoms with Crippen LogP contribution in [0, 0.1) is 13.8 Å². The molecule has 0 bridgehead atoms. The van der Waals surface area contributed by atoms with E-state index in [1.807, 2.05) is 53.0 Å². The van der Waals surface area contributed by atoms with Gasteiger partial charge in [0, 0.05) is 31.0 Å². The number of carbonyl (C=O) groups excluding carboxylic acids is 1. The molecule has 0 unspecified atom stereocenters. The van der Waals surface area contributed by atoms with Crippen molar-refractivity contribution < 1.29 is 9.21 Å². The summed E-state index contributed by atoms with van der Waals surface area (Å²) in [5, 5.41) is 2.71. The lowest BCUT2D eigenvalue weighted by atomic mass is 10.1. The molecule has 0 saturated heterocycles. The number of hydrogen-bond acceptors (Lipinski definition) is 4. The Kier molecular flexibility index (Phi) is 5.03. The number of fused-ring (bicyclic) bond motifs is 1. The topological polar surface area (TPSA) is 81.5 Å². The standard InChI is InChI=1S/C20H24N4O3/c1-6-21-19(25)16-10-23-11-17(15-9-13(4)27-14(15)5)24(8-7-12(2)3)20(26)18(23)22-16/h7,9-11H,6,8H2,1-5H3,(H,21,25). The molecule has 3 aromatic rings. The van der Waals surface area contributed by atoms with E-state index >= 15 is 0 Å². The van der Waals surface area contributed by atoms with E-state index in [0.29, 0.717) is 13.1 Å². The normalized spacial score (nSPS) is 11.0. The zero-order valence-corrected chi connectivity index (χ0v) is 16.3. The first-order chi connectivity index (χ1) is 12.8. The Morgan fingerprint density at radius 2 is 2.04 bits per heavy atom. The van der Waals surface area contributed by atoms with Crippen LogP contribution in [-0.4, -0.2) is 26.4 Å². The molecule has 3 aromatic heterocycles. The van der Waals surface area contributed by atoms with Crippen LogP contribution in [0.3, 0.4) is 0 Å². The van der Waals surface area contributed by atoms with Gasteiger partial charge in [0.05, 0.1) is 5.69 Å². The van der Waals surface area contributed by atoms with Gasteiger partial charge in [-0.1, -0.05) is 11.6 Å². The van der Waals surface area contributed by atoms with Crippen molar-refractivity contribution in [2.24, 2.45) is 0 Å². The Balaban J connectivity index is 2.26. The van der Waals surface area contributed by atoms with Crippen molar-refractivity contribution in [3.05, 3.63) is 57.7 Å². The van der Waals surface area contributed by atoms with Crippen LogP contribution in [0.2, 0.25) is 0 Å². The summed E-state index contributed by atoms with van der Waals surface area (Å²) in [6.07, 6.45) is 5.39. The van der Waals surface area contributed by atoms with E-state index in [9.17, 15) is 9.59 Å².